The molecule has 2 aromatic heterocycles. The van der Waals surface area contributed by atoms with Crippen molar-refractivity contribution in [3.05, 3.63) is 47.6 Å². The standard InChI is InChI=1S/C16H22N4O3S/c1-13-11-23-18-16(13)12-24(21,22)19-14-5-8-20(9-6-14)10-15-4-2-3-7-17-15/h2-4,7,11,14,19H,5-6,8-10,12H2,1H3. The number of aromatic nitrogens is 2. The summed E-state index contributed by atoms with van der Waals surface area (Å²) in [5, 5.41) is 3.74. The Balaban J connectivity index is 1.49. The summed E-state index contributed by atoms with van der Waals surface area (Å²) >= 11 is 0. The van der Waals surface area contributed by atoms with Gasteiger partial charge in [-0.25, -0.2) is 13.1 Å². The van der Waals surface area contributed by atoms with Crippen LogP contribution >= 0.6 is 0 Å². The van der Waals surface area contributed by atoms with Gasteiger partial charge in [-0.05, 0) is 31.9 Å². The molecule has 0 saturated carbocycles. The summed E-state index contributed by atoms with van der Waals surface area (Å²) in [6, 6.07) is 5.87. The number of hydrogen-bond donors (Lipinski definition) is 1. The van der Waals surface area contributed by atoms with E-state index in [-0.39, 0.29) is 11.8 Å². The van der Waals surface area contributed by atoms with Gasteiger partial charge >= 0.3 is 0 Å². The first-order chi connectivity index (χ1) is 11.5. The summed E-state index contributed by atoms with van der Waals surface area (Å²) in [7, 11) is -3.41. The number of likely N-dealkylation sites (tertiary alicyclic amines) is 1. The maximum absolute atomic E-state index is 12.3. The minimum Gasteiger partial charge on any atom is -0.364 e. The molecule has 0 aliphatic carbocycles. The van der Waals surface area contributed by atoms with Gasteiger partial charge in [0, 0.05) is 37.4 Å². The third kappa shape index (κ3) is 4.62. The third-order valence-electron chi connectivity index (χ3n) is 4.22. The lowest BCUT2D eigenvalue weighted by atomic mass is 10.1. The fraction of sp³-hybridized carbons (Fsp3) is 0.500. The highest BCUT2D eigenvalue weighted by Gasteiger charge is 2.25. The molecule has 3 heterocycles. The first-order valence-electron chi connectivity index (χ1n) is 8.04. The van der Waals surface area contributed by atoms with Gasteiger partial charge in [0.1, 0.15) is 17.7 Å². The predicted octanol–water partition coefficient (Wildman–Crippen LogP) is 1.46. The second-order valence-electron chi connectivity index (χ2n) is 6.19. The molecule has 0 unspecified atom stereocenters. The third-order valence-corrected chi connectivity index (χ3v) is 5.57. The molecule has 1 aliphatic heterocycles. The van der Waals surface area contributed by atoms with Crippen LogP contribution in [0.4, 0.5) is 0 Å². The molecule has 0 spiro atoms. The van der Waals surface area contributed by atoms with Gasteiger partial charge in [-0.2, -0.15) is 0 Å². The molecule has 1 aliphatic rings. The molecule has 1 N–H and O–H groups in total. The Labute approximate surface area is 142 Å². The number of pyridine rings is 1. The zero-order valence-electron chi connectivity index (χ0n) is 13.7. The van der Waals surface area contributed by atoms with Crippen molar-refractivity contribution in [3.8, 4) is 0 Å². The fourth-order valence-corrected chi connectivity index (χ4v) is 4.32. The van der Waals surface area contributed by atoms with Crippen LogP contribution in [-0.4, -0.2) is 42.6 Å². The molecule has 1 fully saturated rings. The topological polar surface area (TPSA) is 88.3 Å². The molecule has 130 valence electrons. The Hall–Kier alpha value is -1.77. The summed E-state index contributed by atoms with van der Waals surface area (Å²) in [6.45, 7) is 4.30. The van der Waals surface area contributed by atoms with Crippen molar-refractivity contribution in [2.75, 3.05) is 13.1 Å². The summed E-state index contributed by atoms with van der Waals surface area (Å²) in [5.74, 6) is -0.135. The van der Waals surface area contributed by atoms with Gasteiger partial charge in [-0.15, -0.1) is 0 Å². The van der Waals surface area contributed by atoms with Gasteiger partial charge in [0.05, 0.1) is 5.69 Å². The van der Waals surface area contributed by atoms with Crippen LogP contribution in [0.3, 0.4) is 0 Å². The second-order valence-corrected chi connectivity index (χ2v) is 7.95. The molecule has 2 aromatic rings. The Morgan fingerprint density at radius 2 is 2.12 bits per heavy atom. The molecule has 8 heteroatoms. The Bertz CT molecular complexity index is 753. The van der Waals surface area contributed by atoms with Gasteiger partial charge in [0.15, 0.2) is 0 Å². The normalized spacial score (nSPS) is 17.2. The maximum atomic E-state index is 12.3. The van der Waals surface area contributed by atoms with Crippen molar-refractivity contribution >= 4 is 10.0 Å². The highest BCUT2D eigenvalue weighted by molar-refractivity contribution is 7.88. The average molecular weight is 350 g/mol. The molecule has 0 bridgehead atoms. The Kier molecular flexibility index (Phi) is 5.27. The SMILES string of the molecule is Cc1conc1CS(=O)(=O)NC1CCN(Cc2ccccn2)CC1. The summed E-state index contributed by atoms with van der Waals surface area (Å²) in [6.07, 6.45) is 4.84. The summed E-state index contributed by atoms with van der Waals surface area (Å²) < 4.78 is 32.1. The number of aryl methyl sites for hydroxylation is 1. The molecular formula is C16H22N4O3S. The lowest BCUT2D eigenvalue weighted by Gasteiger charge is -2.31. The monoisotopic (exact) mass is 350 g/mol. The molecule has 0 amide bonds. The maximum Gasteiger partial charge on any atom is 0.217 e. The van der Waals surface area contributed by atoms with Crippen LogP contribution < -0.4 is 4.72 Å². The van der Waals surface area contributed by atoms with Crippen molar-refractivity contribution in [3.63, 3.8) is 0 Å². The lowest BCUT2D eigenvalue weighted by Crippen LogP contribution is -2.44. The Morgan fingerprint density at radius 1 is 1.33 bits per heavy atom. The molecule has 7 nitrogen and oxygen atoms in total. The number of nitrogens with zero attached hydrogens (tertiary/aromatic N) is 3. The van der Waals surface area contributed by atoms with E-state index in [9.17, 15) is 8.42 Å². The van der Waals surface area contributed by atoms with Crippen LogP contribution in [0.2, 0.25) is 0 Å². The van der Waals surface area contributed by atoms with Crippen LogP contribution in [-0.2, 0) is 22.3 Å². The highest BCUT2D eigenvalue weighted by Crippen LogP contribution is 2.15. The van der Waals surface area contributed by atoms with Crippen molar-refractivity contribution in [2.45, 2.75) is 38.1 Å². The van der Waals surface area contributed by atoms with Crippen LogP contribution in [0.1, 0.15) is 29.8 Å². The largest absolute Gasteiger partial charge is 0.364 e. The van der Waals surface area contributed by atoms with Crippen LogP contribution in [0, 0.1) is 6.92 Å². The highest BCUT2D eigenvalue weighted by atomic mass is 32.2. The molecular weight excluding hydrogens is 328 g/mol. The van der Waals surface area contributed by atoms with Crippen molar-refractivity contribution in [1.82, 2.24) is 19.8 Å². The van der Waals surface area contributed by atoms with E-state index < -0.39 is 10.0 Å². The first kappa shape index (κ1) is 17.1. The van der Waals surface area contributed by atoms with E-state index in [2.05, 4.69) is 19.8 Å². The molecule has 0 aromatic carbocycles. The van der Waals surface area contributed by atoms with Gasteiger partial charge in [0.2, 0.25) is 10.0 Å². The first-order valence-corrected chi connectivity index (χ1v) is 9.69. The van der Waals surface area contributed by atoms with Crippen LogP contribution in [0.5, 0.6) is 0 Å². The van der Waals surface area contributed by atoms with Crippen molar-refractivity contribution in [2.24, 2.45) is 0 Å². The second kappa shape index (κ2) is 7.42. The lowest BCUT2D eigenvalue weighted by molar-refractivity contribution is 0.198. The predicted molar refractivity (Wildman–Crippen MR) is 89.5 cm³/mol. The van der Waals surface area contributed by atoms with E-state index in [1.165, 1.54) is 6.26 Å². The molecule has 0 atom stereocenters. The summed E-state index contributed by atoms with van der Waals surface area (Å²) in [5.41, 5.74) is 2.26. The molecule has 0 radical (unpaired) electrons. The van der Waals surface area contributed by atoms with E-state index in [1.54, 1.807) is 13.1 Å². The van der Waals surface area contributed by atoms with Crippen molar-refractivity contribution in [1.29, 1.82) is 0 Å². The van der Waals surface area contributed by atoms with E-state index in [0.29, 0.717) is 5.69 Å². The number of nitrogens with one attached hydrogen (secondary N) is 1. The number of piperidine rings is 1. The van der Waals surface area contributed by atoms with E-state index >= 15 is 0 Å². The molecule has 3 rings (SSSR count). The minimum absolute atomic E-state index is 0.0258. The average Bonchev–Trinajstić information content (AvgIpc) is 2.94. The van der Waals surface area contributed by atoms with Gasteiger partial charge in [-0.1, -0.05) is 11.2 Å². The van der Waals surface area contributed by atoms with Crippen LogP contribution in [0.25, 0.3) is 0 Å². The molecule has 24 heavy (non-hydrogen) atoms. The zero-order valence-corrected chi connectivity index (χ0v) is 14.5. The van der Waals surface area contributed by atoms with Gasteiger partial charge < -0.3 is 4.52 Å². The van der Waals surface area contributed by atoms with E-state index in [4.69, 9.17) is 4.52 Å². The van der Waals surface area contributed by atoms with Gasteiger partial charge in [0.25, 0.3) is 0 Å². The van der Waals surface area contributed by atoms with E-state index in [1.807, 2.05) is 18.2 Å². The minimum atomic E-state index is -3.41. The zero-order chi connectivity index (χ0) is 17.0. The fourth-order valence-electron chi connectivity index (χ4n) is 2.85. The quantitative estimate of drug-likeness (QED) is 0.848. The number of sulfonamides is 1. The molecule has 1 saturated heterocycles. The summed E-state index contributed by atoms with van der Waals surface area (Å²) in [4.78, 5) is 6.63. The van der Waals surface area contributed by atoms with Crippen LogP contribution in [0.15, 0.2) is 35.2 Å². The number of hydrogen-bond acceptors (Lipinski definition) is 6. The van der Waals surface area contributed by atoms with E-state index in [0.717, 1.165) is 43.7 Å². The van der Waals surface area contributed by atoms with Gasteiger partial charge in [-0.3, -0.25) is 9.88 Å². The van der Waals surface area contributed by atoms with Crippen molar-refractivity contribution < 1.29 is 12.9 Å². The Morgan fingerprint density at radius 3 is 2.75 bits per heavy atom. The smallest absolute Gasteiger partial charge is 0.217 e. The number of rotatable bonds is 6.